The molecule has 1 amide bonds. The highest BCUT2D eigenvalue weighted by Crippen LogP contribution is 2.37. The lowest BCUT2D eigenvalue weighted by Gasteiger charge is -2.40. The molecule has 1 aliphatic heterocycles. The van der Waals surface area contributed by atoms with Crippen molar-refractivity contribution in [2.24, 2.45) is 5.92 Å². The maximum absolute atomic E-state index is 12.8. The molecule has 0 spiro atoms. The highest BCUT2D eigenvalue weighted by Gasteiger charge is 2.41. The zero-order chi connectivity index (χ0) is 16.7. The normalized spacial score (nSPS) is 22.1. The van der Waals surface area contributed by atoms with Gasteiger partial charge in [-0.25, -0.2) is 0 Å². The molecule has 23 heavy (non-hydrogen) atoms. The van der Waals surface area contributed by atoms with E-state index in [1.54, 1.807) is 30.1 Å². The van der Waals surface area contributed by atoms with E-state index in [-0.39, 0.29) is 23.5 Å². The summed E-state index contributed by atoms with van der Waals surface area (Å²) in [5.74, 6) is -0.723. The first-order chi connectivity index (χ1) is 10.9. The van der Waals surface area contributed by atoms with E-state index in [1.165, 1.54) is 13.8 Å². The van der Waals surface area contributed by atoms with Gasteiger partial charge in [0.2, 0.25) is 5.91 Å². The first kappa shape index (κ1) is 15.2. The van der Waals surface area contributed by atoms with Crippen molar-refractivity contribution in [2.75, 3.05) is 11.9 Å². The lowest BCUT2D eigenvalue weighted by Crippen LogP contribution is -2.50. The summed E-state index contributed by atoms with van der Waals surface area (Å²) in [5.41, 5.74) is 2.34. The standard InChI is InChI=1S/C18H18N2O3/c1-10(21)12-4-7-16-15(8-12)18(23)14-6-5-13(19-3)9-17(14)20(16)11(2)22/h4-9,14,17,19H,1-3H3. The molecule has 5 heteroatoms. The predicted octanol–water partition coefficient (Wildman–Crippen LogP) is 2.10. The van der Waals surface area contributed by atoms with Crippen LogP contribution in [-0.2, 0) is 4.79 Å². The number of nitrogens with one attached hydrogen (secondary N) is 1. The van der Waals surface area contributed by atoms with Crippen molar-refractivity contribution in [3.05, 3.63) is 53.3 Å². The van der Waals surface area contributed by atoms with Gasteiger partial charge in [-0.15, -0.1) is 0 Å². The summed E-state index contributed by atoms with van der Waals surface area (Å²) >= 11 is 0. The van der Waals surface area contributed by atoms with E-state index in [0.717, 1.165) is 5.70 Å². The Morgan fingerprint density at radius 1 is 1.22 bits per heavy atom. The van der Waals surface area contributed by atoms with Gasteiger partial charge >= 0.3 is 0 Å². The molecule has 1 aliphatic carbocycles. The summed E-state index contributed by atoms with van der Waals surface area (Å²) in [7, 11) is 1.80. The van der Waals surface area contributed by atoms with Gasteiger partial charge in [0.25, 0.3) is 0 Å². The van der Waals surface area contributed by atoms with Gasteiger partial charge in [-0.3, -0.25) is 14.4 Å². The monoisotopic (exact) mass is 310 g/mol. The summed E-state index contributed by atoms with van der Waals surface area (Å²) in [6, 6.07) is 4.60. The summed E-state index contributed by atoms with van der Waals surface area (Å²) < 4.78 is 0. The molecule has 0 aromatic heterocycles. The number of allylic oxidation sites excluding steroid dienone is 1. The topological polar surface area (TPSA) is 66.5 Å². The van der Waals surface area contributed by atoms with Crippen molar-refractivity contribution in [3.63, 3.8) is 0 Å². The molecule has 0 fully saturated rings. The number of ketones is 2. The van der Waals surface area contributed by atoms with E-state index in [4.69, 9.17) is 0 Å². The van der Waals surface area contributed by atoms with E-state index < -0.39 is 5.92 Å². The summed E-state index contributed by atoms with van der Waals surface area (Å²) in [6.45, 7) is 2.95. The zero-order valence-corrected chi connectivity index (χ0v) is 13.3. The smallest absolute Gasteiger partial charge is 0.224 e. The van der Waals surface area contributed by atoms with Crippen molar-refractivity contribution < 1.29 is 14.4 Å². The minimum Gasteiger partial charge on any atom is -0.388 e. The molecule has 1 aromatic rings. The van der Waals surface area contributed by atoms with Crippen molar-refractivity contribution in [1.29, 1.82) is 0 Å². The van der Waals surface area contributed by atoms with Crippen LogP contribution >= 0.6 is 0 Å². The molecular weight excluding hydrogens is 292 g/mol. The van der Waals surface area contributed by atoms with E-state index in [9.17, 15) is 14.4 Å². The Labute approximate surface area is 134 Å². The van der Waals surface area contributed by atoms with Crippen LogP contribution in [0.2, 0.25) is 0 Å². The maximum Gasteiger partial charge on any atom is 0.224 e. The fourth-order valence-electron chi connectivity index (χ4n) is 3.19. The first-order valence-corrected chi connectivity index (χ1v) is 7.51. The van der Waals surface area contributed by atoms with Crippen LogP contribution < -0.4 is 10.2 Å². The number of hydrogen-bond acceptors (Lipinski definition) is 4. The fraction of sp³-hybridized carbons (Fsp3) is 0.278. The average molecular weight is 310 g/mol. The molecule has 1 aromatic carbocycles. The fourth-order valence-corrected chi connectivity index (χ4v) is 3.19. The number of carbonyl (C=O) groups excluding carboxylic acids is 3. The minimum atomic E-state index is -0.425. The van der Waals surface area contributed by atoms with Gasteiger partial charge in [0, 0.05) is 30.8 Å². The van der Waals surface area contributed by atoms with Crippen LogP contribution in [0.1, 0.15) is 34.6 Å². The Morgan fingerprint density at radius 3 is 2.57 bits per heavy atom. The lowest BCUT2D eigenvalue weighted by molar-refractivity contribution is -0.117. The molecule has 5 nitrogen and oxygen atoms in total. The predicted molar refractivity (Wildman–Crippen MR) is 87.5 cm³/mol. The number of benzene rings is 1. The van der Waals surface area contributed by atoms with Crippen LogP contribution in [0.5, 0.6) is 0 Å². The van der Waals surface area contributed by atoms with Crippen molar-refractivity contribution in [1.82, 2.24) is 5.32 Å². The molecule has 3 rings (SSSR count). The molecule has 2 unspecified atom stereocenters. The molecule has 0 radical (unpaired) electrons. The number of likely N-dealkylation sites (N-methyl/N-ethyl adjacent to an activating group) is 1. The third-order valence-corrected chi connectivity index (χ3v) is 4.36. The van der Waals surface area contributed by atoms with Gasteiger partial charge in [0.1, 0.15) is 0 Å². The minimum absolute atomic E-state index is 0.0618. The van der Waals surface area contributed by atoms with Crippen LogP contribution in [0.3, 0.4) is 0 Å². The number of rotatable bonds is 2. The van der Waals surface area contributed by atoms with Gasteiger partial charge in [-0.05, 0) is 37.3 Å². The second-order valence-corrected chi connectivity index (χ2v) is 5.79. The quantitative estimate of drug-likeness (QED) is 0.850. The number of carbonyl (C=O) groups is 3. The Morgan fingerprint density at radius 2 is 1.96 bits per heavy atom. The third-order valence-electron chi connectivity index (χ3n) is 4.36. The van der Waals surface area contributed by atoms with Gasteiger partial charge < -0.3 is 10.2 Å². The summed E-state index contributed by atoms with van der Waals surface area (Å²) in [6.07, 6.45) is 5.56. The Balaban J connectivity index is 2.18. The van der Waals surface area contributed by atoms with E-state index in [0.29, 0.717) is 16.8 Å². The van der Waals surface area contributed by atoms with Crippen molar-refractivity contribution in [3.8, 4) is 0 Å². The summed E-state index contributed by atoms with van der Waals surface area (Å²) in [5, 5.41) is 3.04. The van der Waals surface area contributed by atoms with Gasteiger partial charge in [0.05, 0.1) is 17.6 Å². The van der Waals surface area contributed by atoms with Gasteiger partial charge in [0.15, 0.2) is 11.6 Å². The van der Waals surface area contributed by atoms with E-state index in [1.807, 2.05) is 18.2 Å². The molecule has 2 aliphatic rings. The van der Waals surface area contributed by atoms with Crippen LogP contribution in [0.4, 0.5) is 5.69 Å². The second-order valence-electron chi connectivity index (χ2n) is 5.79. The lowest BCUT2D eigenvalue weighted by atomic mass is 9.80. The summed E-state index contributed by atoms with van der Waals surface area (Å²) in [4.78, 5) is 38.3. The molecule has 1 heterocycles. The number of amides is 1. The van der Waals surface area contributed by atoms with Crippen LogP contribution in [0, 0.1) is 5.92 Å². The molecule has 118 valence electrons. The number of Topliss-reactive ketones (excluding diaryl/α,β-unsaturated/α-hetero) is 2. The Hall–Kier alpha value is -2.69. The van der Waals surface area contributed by atoms with E-state index in [2.05, 4.69) is 5.32 Å². The molecule has 0 bridgehead atoms. The first-order valence-electron chi connectivity index (χ1n) is 7.51. The Kier molecular flexibility index (Phi) is 3.64. The SMILES string of the molecule is CNC1=CC2C(C=C1)C(=O)c1cc(C(C)=O)ccc1N2C(C)=O. The largest absolute Gasteiger partial charge is 0.388 e. The van der Waals surface area contributed by atoms with Crippen LogP contribution in [0.25, 0.3) is 0 Å². The maximum atomic E-state index is 12.8. The molecular formula is C18H18N2O3. The van der Waals surface area contributed by atoms with Gasteiger partial charge in [-0.2, -0.15) is 0 Å². The van der Waals surface area contributed by atoms with E-state index >= 15 is 0 Å². The van der Waals surface area contributed by atoms with Gasteiger partial charge in [-0.1, -0.05) is 6.08 Å². The zero-order valence-electron chi connectivity index (χ0n) is 13.3. The number of hydrogen-bond donors (Lipinski definition) is 1. The highest BCUT2D eigenvalue weighted by atomic mass is 16.2. The number of fused-ring (bicyclic) bond motifs is 2. The number of nitrogens with zero attached hydrogens (tertiary/aromatic N) is 1. The number of anilines is 1. The molecule has 2 atom stereocenters. The van der Waals surface area contributed by atoms with Crippen molar-refractivity contribution >= 4 is 23.2 Å². The average Bonchev–Trinajstić information content (AvgIpc) is 2.53. The van der Waals surface area contributed by atoms with Crippen LogP contribution in [-0.4, -0.2) is 30.6 Å². The molecule has 1 N–H and O–H groups in total. The Bertz CT molecular complexity index is 776. The van der Waals surface area contributed by atoms with Crippen LogP contribution in [0.15, 0.2) is 42.1 Å². The molecule has 0 saturated heterocycles. The highest BCUT2D eigenvalue weighted by molar-refractivity contribution is 6.12. The van der Waals surface area contributed by atoms with Crippen molar-refractivity contribution in [2.45, 2.75) is 19.9 Å². The second kappa shape index (κ2) is 5.50. The third kappa shape index (κ3) is 2.38. The molecule has 0 saturated carbocycles.